The lowest BCUT2D eigenvalue weighted by molar-refractivity contribution is -0.151. The fraction of sp³-hybridized carbons (Fsp3) is 0.490. The quantitative estimate of drug-likeness (QED) is 0.00960. The van der Waals surface area contributed by atoms with E-state index in [4.69, 9.17) is 51.6 Å². The first-order valence-electron chi connectivity index (χ1n) is 44.6. The van der Waals surface area contributed by atoms with Crippen molar-refractivity contribution in [3.63, 3.8) is 0 Å². The molecule has 1 heterocycles. The molecule has 11 amide bonds. The molecule has 0 unspecified atom stereocenters. The minimum Gasteiger partial charge on any atom is -0.480 e. The molecule has 3 aliphatic rings. The monoisotopic (exact) mass is 1820 g/mol. The highest BCUT2D eigenvalue weighted by molar-refractivity contribution is 6.31. The number of carboxylic acids is 1. The van der Waals surface area contributed by atoms with E-state index in [1.807, 2.05) is 74.5 Å². The van der Waals surface area contributed by atoms with Crippen molar-refractivity contribution in [3.8, 4) is 11.1 Å². The summed E-state index contributed by atoms with van der Waals surface area (Å²) in [6.45, 7) is 9.30. The number of carbonyl (C=O) groups excluding carboxylic acids is 12. The molecule has 9 rings (SSSR count). The van der Waals surface area contributed by atoms with E-state index in [0.717, 1.165) is 47.1 Å². The lowest BCUT2D eigenvalue weighted by atomic mass is 9.95. The predicted octanol–water partition coefficient (Wildman–Crippen LogP) is 11.7. The van der Waals surface area contributed by atoms with Crippen molar-refractivity contribution in [1.82, 2.24) is 58.1 Å². The van der Waals surface area contributed by atoms with Crippen molar-refractivity contribution in [2.75, 3.05) is 39.5 Å². The number of carboxylic acid groups (broad SMARTS) is 1. The summed E-state index contributed by atoms with van der Waals surface area (Å²) in [5.74, 6) is -10.8. The fourth-order valence-electron chi connectivity index (χ4n) is 15.6. The number of alkyl carbamates (subject to hydrolysis) is 3. The van der Waals surface area contributed by atoms with Gasteiger partial charge in [-0.25, -0.2) is 19.2 Å². The summed E-state index contributed by atoms with van der Waals surface area (Å²) in [5.41, 5.74) is 6.55. The van der Waals surface area contributed by atoms with E-state index in [1.165, 1.54) is 4.90 Å². The van der Waals surface area contributed by atoms with Gasteiger partial charge in [-0.3, -0.25) is 43.2 Å². The molecule has 0 bridgehead atoms. The number of amides is 11. The molecule has 1 aliphatic heterocycles. The number of hydrogen-bond acceptors (Lipinski definition) is 19. The topological polar surface area (TPSA) is 421 Å². The zero-order valence-corrected chi connectivity index (χ0v) is 75.6. The van der Waals surface area contributed by atoms with Gasteiger partial charge in [-0.1, -0.05) is 223 Å². The van der Waals surface area contributed by atoms with E-state index in [0.29, 0.717) is 46.0 Å². The number of nitrogens with zero attached hydrogens (tertiary/aromatic N) is 1. The van der Waals surface area contributed by atoms with Gasteiger partial charge < -0.3 is 91.6 Å². The molecule has 0 radical (unpaired) electrons. The van der Waals surface area contributed by atoms with Crippen LogP contribution in [0.5, 0.6) is 0 Å². The molecule has 1 saturated heterocycles. The highest BCUT2D eigenvalue weighted by Crippen LogP contribution is 2.44. The number of aliphatic carboxylic acids is 1. The third-order valence-electron chi connectivity index (χ3n) is 23.0. The Hall–Kier alpha value is -11.7. The molecule has 10 atom stereocenters. The summed E-state index contributed by atoms with van der Waals surface area (Å²) in [6.07, 6.45) is 1.49. The third kappa shape index (κ3) is 32.5. The Morgan fingerprint density at radius 3 is 1.41 bits per heavy atom. The van der Waals surface area contributed by atoms with Gasteiger partial charge in [0.25, 0.3) is 0 Å². The number of carbonyl (C=O) groups is 13. The zero-order valence-electron chi connectivity index (χ0n) is 74.1. The maximum atomic E-state index is 15.5. The van der Waals surface area contributed by atoms with Crippen LogP contribution in [0.3, 0.4) is 0 Å². The fourth-order valence-corrected chi connectivity index (χ4v) is 16.0. The summed E-state index contributed by atoms with van der Waals surface area (Å²) in [4.78, 5) is 188. The summed E-state index contributed by atoms with van der Waals surface area (Å²) < 4.78 is 34.8. The van der Waals surface area contributed by atoms with Crippen LogP contribution in [0.25, 0.3) is 11.1 Å². The standard InChI is InChI=1S/C96H123Cl2N11O20/c1-7-62(6)84(91(117)107-83(61(4)5)90(116)103-75(44-25-27-49-99-94(121)126-55-65-34-17-23-42-73(65)97)85(111)105-80(59-125-54-64-32-13-9-14-33-64)92(118)109-51-29-46-81(109)93(119)120)108-87(113)76(45-26-28-50-100-95(122)127-56-66-35-18-24-43-74(66)98)101-86(112)77(47-48-82(110)129-67-36-15-10-16-37-67)102-89(115)79(58-124-53-63-30-11-8-12-31-63)104-88(114)78(52-60(2)3)106-96(123)128-57-72-70-40-21-19-38-68(70)69-39-20-22-41-71(69)72/h8-9,11-14,17-24,30-35,38-43,60-62,67,72,75-81,83-84H,7,10,15-16,25-29,36-37,44-59H2,1-6H3,(H,99,121)(H,100,122)(H,101,112)(H,102,115)(H,103,116)(H,104,114)(H,105,111)(H,106,123)(H,107,117)(H,108,113)(H,119,120)/t62-,75-,76-,77-,78-,79-,80-,81-,83-,84-/m0/s1. The van der Waals surface area contributed by atoms with Gasteiger partial charge in [-0.05, 0) is 153 Å². The Balaban J connectivity index is 0.956. The number of ether oxygens (including phenoxy) is 6. The molecule has 31 nitrogen and oxygen atoms in total. The molecule has 2 aliphatic carbocycles. The number of halogens is 2. The SMILES string of the molecule is CC[C@H](C)[C@H](NC(=O)[C@H](CCCCNC(=O)OCc1ccccc1Cl)NC(=O)[C@H](CCC(=O)OC1CCCCC1)NC(=O)[C@H](COCc1ccccc1)NC(=O)[C@H](CC(C)C)NC(=O)OCC1c2ccccc2-c2ccccc21)C(=O)N[C@H](C(=O)N[C@@H](CCCCNC(=O)OCc1ccccc1Cl)C(=O)N[C@@H](COCc1ccccc1)C(=O)N1CCC[C@H]1C(=O)O)C(C)C. The Morgan fingerprint density at radius 1 is 0.442 bits per heavy atom. The van der Waals surface area contributed by atoms with Crippen molar-refractivity contribution in [1.29, 1.82) is 0 Å². The van der Waals surface area contributed by atoms with Crippen molar-refractivity contribution >= 4 is 101 Å². The third-order valence-corrected chi connectivity index (χ3v) is 23.7. The second kappa shape index (κ2) is 52.7. The van der Waals surface area contributed by atoms with Crippen LogP contribution in [-0.2, 0) is 103 Å². The van der Waals surface area contributed by atoms with Gasteiger partial charge >= 0.3 is 30.2 Å². The molecule has 0 spiro atoms. The van der Waals surface area contributed by atoms with Crippen molar-refractivity contribution in [2.24, 2.45) is 17.8 Å². The first kappa shape index (κ1) is 101. The second-order valence-electron chi connectivity index (χ2n) is 33.6. The maximum Gasteiger partial charge on any atom is 0.407 e. The molecule has 2 fully saturated rings. The molecule has 6 aromatic carbocycles. The number of esters is 1. The number of fused-ring (bicyclic) bond motifs is 3. The van der Waals surface area contributed by atoms with E-state index in [2.05, 4.69) is 53.2 Å². The first-order chi connectivity index (χ1) is 62.1. The largest absolute Gasteiger partial charge is 0.480 e. The summed E-state index contributed by atoms with van der Waals surface area (Å²) in [5, 5.41) is 38.5. The van der Waals surface area contributed by atoms with Crippen LogP contribution < -0.4 is 53.2 Å². The Morgan fingerprint density at radius 2 is 0.891 bits per heavy atom. The van der Waals surface area contributed by atoms with Crippen LogP contribution in [0.1, 0.15) is 190 Å². The smallest absolute Gasteiger partial charge is 0.407 e. The minimum atomic E-state index is -1.66. The van der Waals surface area contributed by atoms with E-state index in [9.17, 15) is 43.5 Å². The number of hydrogen-bond donors (Lipinski definition) is 11. The van der Waals surface area contributed by atoms with Gasteiger partial charge in [0.05, 0.1) is 26.4 Å². The summed E-state index contributed by atoms with van der Waals surface area (Å²) in [6, 6.07) is 34.2. The Labute approximate surface area is 763 Å². The molecule has 696 valence electrons. The average Bonchev–Trinajstić information content (AvgIpc) is 1.61. The highest BCUT2D eigenvalue weighted by Gasteiger charge is 2.42. The van der Waals surface area contributed by atoms with Crippen molar-refractivity contribution in [2.45, 2.75) is 244 Å². The minimum absolute atomic E-state index is 0.0104. The number of unbranched alkanes of at least 4 members (excludes halogenated alkanes) is 2. The zero-order chi connectivity index (χ0) is 92.7. The number of likely N-dealkylation sites (tertiary alicyclic amines) is 1. The summed E-state index contributed by atoms with van der Waals surface area (Å²) in [7, 11) is 0. The van der Waals surface area contributed by atoms with Crippen molar-refractivity contribution in [3.05, 3.63) is 201 Å². The van der Waals surface area contributed by atoms with Gasteiger partial charge in [-0.15, -0.1) is 0 Å². The number of nitrogens with one attached hydrogen (secondary N) is 10. The predicted molar refractivity (Wildman–Crippen MR) is 483 cm³/mol. The molecule has 11 N–H and O–H groups in total. The lowest BCUT2D eigenvalue weighted by Crippen LogP contribution is -2.62. The van der Waals surface area contributed by atoms with Gasteiger partial charge in [0, 0.05) is 53.1 Å². The lowest BCUT2D eigenvalue weighted by Gasteiger charge is -2.31. The molecule has 0 aromatic heterocycles. The maximum absolute atomic E-state index is 15.5. The van der Waals surface area contributed by atoms with Gasteiger partial charge in [-0.2, -0.15) is 0 Å². The molecule has 129 heavy (non-hydrogen) atoms. The van der Waals surface area contributed by atoms with E-state index >= 15 is 24.0 Å². The summed E-state index contributed by atoms with van der Waals surface area (Å²) >= 11 is 12.6. The second-order valence-corrected chi connectivity index (χ2v) is 34.4. The number of benzene rings is 6. The number of rotatable bonds is 50. The highest BCUT2D eigenvalue weighted by atomic mass is 35.5. The molecule has 33 heteroatoms. The average molecular weight is 1820 g/mol. The molecular weight excluding hydrogens is 1700 g/mol. The van der Waals surface area contributed by atoms with Crippen molar-refractivity contribution < 1.29 is 95.9 Å². The van der Waals surface area contributed by atoms with Gasteiger partial charge in [0.1, 0.15) is 80.3 Å². The van der Waals surface area contributed by atoms with Crippen LogP contribution >= 0.6 is 23.2 Å². The van der Waals surface area contributed by atoms with Crippen LogP contribution in [-0.4, -0.2) is 187 Å². The molecule has 1 saturated carbocycles. The first-order valence-corrected chi connectivity index (χ1v) is 45.4. The van der Waals surface area contributed by atoms with E-state index in [-0.39, 0.29) is 122 Å². The Kier molecular flexibility index (Phi) is 41.3. The molecular formula is C96H123Cl2N11O20. The van der Waals surface area contributed by atoms with Crippen LogP contribution in [0.15, 0.2) is 158 Å². The van der Waals surface area contributed by atoms with E-state index < -0.39 is 176 Å². The van der Waals surface area contributed by atoms with Crippen LogP contribution in [0.4, 0.5) is 14.4 Å². The van der Waals surface area contributed by atoms with Crippen LogP contribution in [0, 0.1) is 17.8 Å². The van der Waals surface area contributed by atoms with Gasteiger partial charge in [0.2, 0.25) is 47.3 Å². The normalized spacial score (nSPS) is 15.7. The van der Waals surface area contributed by atoms with E-state index in [1.54, 1.807) is 125 Å². The van der Waals surface area contributed by atoms with Crippen LogP contribution in [0.2, 0.25) is 10.0 Å². The Bertz CT molecular complexity index is 4670. The van der Waals surface area contributed by atoms with Gasteiger partial charge in [0.15, 0.2) is 0 Å². The molecule has 6 aromatic rings.